The van der Waals surface area contributed by atoms with Crippen LogP contribution in [0.1, 0.15) is 48.5 Å². The van der Waals surface area contributed by atoms with Gasteiger partial charge >= 0.3 is 0 Å². The summed E-state index contributed by atoms with van der Waals surface area (Å²) in [7, 11) is 0. The molecule has 0 spiro atoms. The van der Waals surface area contributed by atoms with E-state index < -0.39 is 0 Å². The Kier molecular flexibility index (Phi) is 6.47. The van der Waals surface area contributed by atoms with E-state index in [0.717, 1.165) is 25.8 Å². The second-order valence-corrected chi connectivity index (χ2v) is 7.68. The van der Waals surface area contributed by atoms with E-state index in [4.69, 9.17) is 0 Å². The third-order valence-corrected chi connectivity index (χ3v) is 5.86. The number of carbonyl (C=O) groups excluding carboxylic acids is 2. The molecular weight excluding hydrogens is 345 g/mol. The number of likely N-dealkylation sites (tertiary alicyclic amines) is 1. The number of rotatable bonds is 4. The van der Waals surface area contributed by atoms with E-state index in [-0.39, 0.29) is 17.6 Å². The van der Waals surface area contributed by atoms with Crippen molar-refractivity contribution < 1.29 is 14.0 Å². The van der Waals surface area contributed by atoms with Gasteiger partial charge in [0.1, 0.15) is 5.82 Å². The molecule has 1 atom stereocenters. The number of piperazine rings is 1. The molecule has 3 rings (SSSR count). The van der Waals surface area contributed by atoms with E-state index in [0.29, 0.717) is 49.9 Å². The number of halogens is 1. The Morgan fingerprint density at radius 2 is 1.85 bits per heavy atom. The van der Waals surface area contributed by atoms with Crippen LogP contribution in [0.4, 0.5) is 4.39 Å². The van der Waals surface area contributed by atoms with E-state index in [2.05, 4.69) is 16.7 Å². The van der Waals surface area contributed by atoms with Gasteiger partial charge in [-0.25, -0.2) is 4.39 Å². The first-order chi connectivity index (χ1) is 13.0. The average Bonchev–Trinajstić information content (AvgIpc) is 2.70. The monoisotopic (exact) mass is 375 g/mol. The van der Waals surface area contributed by atoms with Gasteiger partial charge in [0, 0.05) is 44.3 Å². The number of benzene rings is 1. The van der Waals surface area contributed by atoms with Gasteiger partial charge < -0.3 is 9.80 Å². The summed E-state index contributed by atoms with van der Waals surface area (Å²) in [4.78, 5) is 31.2. The molecule has 0 saturated carbocycles. The number of amides is 2. The van der Waals surface area contributed by atoms with E-state index >= 15 is 0 Å². The van der Waals surface area contributed by atoms with Crippen LogP contribution in [0.5, 0.6) is 0 Å². The number of piperidine rings is 1. The second kappa shape index (κ2) is 8.83. The molecule has 2 amide bonds. The maximum Gasteiger partial charge on any atom is 0.254 e. The van der Waals surface area contributed by atoms with Crippen LogP contribution in [0.2, 0.25) is 0 Å². The number of nitrogens with zero attached hydrogens (tertiary/aromatic N) is 3. The summed E-state index contributed by atoms with van der Waals surface area (Å²) in [6, 6.07) is 5.01. The Morgan fingerprint density at radius 1 is 1.11 bits per heavy atom. The van der Waals surface area contributed by atoms with Crippen molar-refractivity contribution in [1.29, 1.82) is 0 Å². The highest BCUT2D eigenvalue weighted by atomic mass is 19.1. The highest BCUT2D eigenvalue weighted by molar-refractivity contribution is 5.94. The van der Waals surface area contributed by atoms with Crippen molar-refractivity contribution in [2.75, 3.05) is 39.3 Å². The van der Waals surface area contributed by atoms with Crippen LogP contribution < -0.4 is 0 Å². The van der Waals surface area contributed by atoms with E-state index in [9.17, 15) is 14.0 Å². The van der Waals surface area contributed by atoms with Crippen LogP contribution >= 0.6 is 0 Å². The minimum absolute atomic E-state index is 0.137. The van der Waals surface area contributed by atoms with Gasteiger partial charge in [0.2, 0.25) is 5.91 Å². The van der Waals surface area contributed by atoms with Crippen LogP contribution in [-0.2, 0) is 4.79 Å². The molecule has 2 fully saturated rings. The molecule has 2 aliphatic rings. The molecule has 1 unspecified atom stereocenters. The van der Waals surface area contributed by atoms with Crippen molar-refractivity contribution in [3.05, 3.63) is 35.1 Å². The lowest BCUT2D eigenvalue weighted by molar-refractivity contribution is -0.136. The Balaban J connectivity index is 1.51. The molecule has 0 aliphatic carbocycles. The van der Waals surface area contributed by atoms with Crippen molar-refractivity contribution in [3.63, 3.8) is 0 Å². The quantitative estimate of drug-likeness (QED) is 0.813. The SMILES string of the molecule is CCC1CCCCN1C(=O)CN1CCN(C(=O)c2ccc(C)c(F)c2)CC1. The number of hydrogen-bond acceptors (Lipinski definition) is 3. The molecule has 0 bridgehead atoms. The first-order valence-corrected chi connectivity index (χ1v) is 10.1. The summed E-state index contributed by atoms with van der Waals surface area (Å²) in [6.07, 6.45) is 4.43. The standard InChI is InChI=1S/C21H30FN3O2/c1-3-18-6-4-5-9-25(18)20(26)15-23-10-12-24(13-11-23)21(27)17-8-7-16(2)19(22)14-17/h7-8,14,18H,3-6,9-13,15H2,1-2H3. The average molecular weight is 375 g/mol. The Morgan fingerprint density at radius 3 is 2.52 bits per heavy atom. The van der Waals surface area contributed by atoms with Crippen molar-refractivity contribution >= 4 is 11.8 Å². The van der Waals surface area contributed by atoms with Gasteiger partial charge in [-0.3, -0.25) is 14.5 Å². The van der Waals surface area contributed by atoms with Crippen LogP contribution in [-0.4, -0.2) is 71.8 Å². The fourth-order valence-corrected chi connectivity index (χ4v) is 4.05. The normalized spacial score (nSPS) is 21.4. The predicted molar refractivity (Wildman–Crippen MR) is 103 cm³/mol. The summed E-state index contributed by atoms with van der Waals surface area (Å²) in [6.45, 7) is 7.62. The minimum atomic E-state index is -0.350. The van der Waals surface area contributed by atoms with Crippen LogP contribution in [0.3, 0.4) is 0 Å². The predicted octanol–water partition coefficient (Wildman–Crippen LogP) is 2.68. The fourth-order valence-electron chi connectivity index (χ4n) is 4.05. The molecule has 5 nitrogen and oxygen atoms in total. The summed E-state index contributed by atoms with van der Waals surface area (Å²) in [5.74, 6) is -0.277. The lowest BCUT2D eigenvalue weighted by Crippen LogP contribution is -2.53. The minimum Gasteiger partial charge on any atom is -0.339 e. The molecule has 148 valence electrons. The molecule has 2 saturated heterocycles. The van der Waals surface area contributed by atoms with Crippen molar-refractivity contribution in [2.45, 2.75) is 45.6 Å². The third kappa shape index (κ3) is 4.67. The number of aryl methyl sites for hydroxylation is 1. The fraction of sp³-hybridized carbons (Fsp3) is 0.619. The van der Waals surface area contributed by atoms with Gasteiger partial charge in [-0.2, -0.15) is 0 Å². The topological polar surface area (TPSA) is 43.9 Å². The van der Waals surface area contributed by atoms with E-state index in [1.807, 2.05) is 0 Å². The van der Waals surface area contributed by atoms with Gasteiger partial charge in [0.15, 0.2) is 0 Å². The molecule has 0 radical (unpaired) electrons. The summed E-state index contributed by atoms with van der Waals surface area (Å²) < 4.78 is 13.7. The lowest BCUT2D eigenvalue weighted by atomic mass is 10.00. The van der Waals surface area contributed by atoms with Crippen LogP contribution in [0.15, 0.2) is 18.2 Å². The first kappa shape index (κ1) is 19.8. The van der Waals surface area contributed by atoms with Crippen LogP contribution in [0.25, 0.3) is 0 Å². The lowest BCUT2D eigenvalue weighted by Gasteiger charge is -2.39. The smallest absolute Gasteiger partial charge is 0.254 e. The number of hydrogen-bond donors (Lipinski definition) is 0. The maximum atomic E-state index is 13.7. The van der Waals surface area contributed by atoms with Gasteiger partial charge in [0.25, 0.3) is 5.91 Å². The van der Waals surface area contributed by atoms with E-state index in [1.54, 1.807) is 24.0 Å². The molecule has 0 aromatic heterocycles. The Labute approximate surface area is 161 Å². The van der Waals surface area contributed by atoms with Gasteiger partial charge in [-0.1, -0.05) is 13.0 Å². The molecule has 2 aliphatic heterocycles. The first-order valence-electron chi connectivity index (χ1n) is 10.1. The number of carbonyl (C=O) groups is 2. The maximum absolute atomic E-state index is 13.7. The summed E-state index contributed by atoms with van der Waals surface area (Å²) >= 11 is 0. The van der Waals surface area contributed by atoms with Crippen molar-refractivity contribution in [3.8, 4) is 0 Å². The molecular formula is C21H30FN3O2. The van der Waals surface area contributed by atoms with Crippen LogP contribution in [0, 0.1) is 12.7 Å². The highest BCUT2D eigenvalue weighted by Gasteiger charge is 2.28. The largest absolute Gasteiger partial charge is 0.339 e. The third-order valence-electron chi connectivity index (χ3n) is 5.86. The van der Waals surface area contributed by atoms with Gasteiger partial charge in [-0.05, 0) is 50.3 Å². The highest BCUT2D eigenvalue weighted by Crippen LogP contribution is 2.20. The van der Waals surface area contributed by atoms with E-state index in [1.165, 1.54) is 12.5 Å². The Bertz CT molecular complexity index is 686. The molecule has 27 heavy (non-hydrogen) atoms. The zero-order valence-electron chi connectivity index (χ0n) is 16.4. The van der Waals surface area contributed by atoms with Crippen molar-refractivity contribution in [1.82, 2.24) is 14.7 Å². The zero-order valence-corrected chi connectivity index (χ0v) is 16.4. The summed E-state index contributed by atoms with van der Waals surface area (Å²) in [5.41, 5.74) is 0.930. The second-order valence-electron chi connectivity index (χ2n) is 7.68. The van der Waals surface area contributed by atoms with Gasteiger partial charge in [0.05, 0.1) is 6.54 Å². The zero-order chi connectivity index (χ0) is 19.4. The molecule has 2 heterocycles. The Hall–Kier alpha value is -1.95. The van der Waals surface area contributed by atoms with Crippen molar-refractivity contribution in [2.24, 2.45) is 0 Å². The molecule has 0 N–H and O–H groups in total. The van der Waals surface area contributed by atoms with Gasteiger partial charge in [-0.15, -0.1) is 0 Å². The molecule has 1 aromatic carbocycles. The molecule has 6 heteroatoms. The summed E-state index contributed by atoms with van der Waals surface area (Å²) in [5, 5.41) is 0. The molecule has 1 aromatic rings.